The number of aryl methyl sites for hydroxylation is 2. The zero-order valence-corrected chi connectivity index (χ0v) is 15.9. The second-order valence-corrected chi connectivity index (χ2v) is 7.11. The van der Waals surface area contributed by atoms with Crippen LogP contribution in [0, 0.1) is 13.8 Å². The van der Waals surface area contributed by atoms with Gasteiger partial charge in [0.1, 0.15) is 0 Å². The third kappa shape index (κ3) is 3.47. The van der Waals surface area contributed by atoms with Crippen molar-refractivity contribution in [1.82, 2.24) is 24.6 Å². The van der Waals surface area contributed by atoms with E-state index in [-0.39, 0.29) is 5.91 Å². The fourth-order valence-electron chi connectivity index (χ4n) is 3.37. The largest absolute Gasteiger partial charge is 0.331 e. The van der Waals surface area contributed by atoms with Gasteiger partial charge in [-0.1, -0.05) is 12.1 Å². The smallest absolute Gasteiger partial charge is 0.254 e. The highest BCUT2D eigenvalue weighted by atomic mass is 16.2. The molecule has 0 N–H and O–H groups in total. The van der Waals surface area contributed by atoms with Crippen molar-refractivity contribution in [2.45, 2.75) is 39.3 Å². The normalized spacial score (nSPS) is 13.6. The second-order valence-electron chi connectivity index (χ2n) is 7.11. The van der Waals surface area contributed by atoms with Gasteiger partial charge in [-0.3, -0.25) is 19.4 Å². The first kappa shape index (κ1) is 17.4. The lowest BCUT2D eigenvalue weighted by Crippen LogP contribution is -2.33. The maximum absolute atomic E-state index is 13.2. The monoisotopic (exact) mass is 361 g/mol. The van der Waals surface area contributed by atoms with Crippen molar-refractivity contribution in [3.05, 3.63) is 65.4 Å². The van der Waals surface area contributed by atoms with Gasteiger partial charge >= 0.3 is 0 Å². The molecule has 27 heavy (non-hydrogen) atoms. The van der Waals surface area contributed by atoms with Crippen molar-refractivity contribution in [1.29, 1.82) is 0 Å². The average molecular weight is 361 g/mol. The van der Waals surface area contributed by atoms with Crippen LogP contribution in [0.4, 0.5) is 0 Å². The number of hydrogen-bond donors (Lipinski definition) is 0. The third-order valence-corrected chi connectivity index (χ3v) is 5.23. The van der Waals surface area contributed by atoms with Crippen molar-refractivity contribution in [2.75, 3.05) is 0 Å². The summed E-state index contributed by atoms with van der Waals surface area (Å²) in [6.45, 7) is 4.68. The molecule has 2 aromatic heterocycles. The molecule has 6 nitrogen and oxygen atoms in total. The van der Waals surface area contributed by atoms with Gasteiger partial charge in [0.15, 0.2) is 0 Å². The molecule has 2 heterocycles. The van der Waals surface area contributed by atoms with E-state index < -0.39 is 0 Å². The Kier molecular flexibility index (Phi) is 4.48. The fourth-order valence-corrected chi connectivity index (χ4v) is 3.37. The summed E-state index contributed by atoms with van der Waals surface area (Å²) in [5.41, 5.74) is 5.71. The summed E-state index contributed by atoms with van der Waals surface area (Å²) in [5.74, 6) is 0.0749. The molecule has 1 saturated carbocycles. The summed E-state index contributed by atoms with van der Waals surface area (Å²) in [5, 5.41) is 4.49. The Bertz CT molecular complexity index is 958. The quantitative estimate of drug-likeness (QED) is 0.699. The molecular weight excluding hydrogens is 338 g/mol. The number of benzene rings is 1. The van der Waals surface area contributed by atoms with Gasteiger partial charge in [0.2, 0.25) is 0 Å². The Hall–Kier alpha value is -3.02. The van der Waals surface area contributed by atoms with Crippen LogP contribution in [-0.2, 0) is 13.6 Å². The molecule has 0 spiro atoms. The van der Waals surface area contributed by atoms with E-state index >= 15 is 0 Å². The molecule has 1 fully saturated rings. The number of amides is 1. The van der Waals surface area contributed by atoms with Crippen LogP contribution < -0.4 is 0 Å². The Morgan fingerprint density at radius 1 is 1.19 bits per heavy atom. The van der Waals surface area contributed by atoms with Gasteiger partial charge in [0, 0.05) is 54.4 Å². The Labute approximate surface area is 158 Å². The van der Waals surface area contributed by atoms with Crippen molar-refractivity contribution >= 4 is 5.91 Å². The van der Waals surface area contributed by atoms with Crippen molar-refractivity contribution < 1.29 is 4.79 Å². The van der Waals surface area contributed by atoms with Gasteiger partial charge in [-0.2, -0.15) is 5.10 Å². The predicted molar refractivity (Wildman–Crippen MR) is 103 cm³/mol. The molecule has 0 bridgehead atoms. The highest BCUT2D eigenvalue weighted by Gasteiger charge is 2.34. The summed E-state index contributed by atoms with van der Waals surface area (Å²) in [6.07, 6.45) is 7.18. The maximum Gasteiger partial charge on any atom is 0.254 e. The van der Waals surface area contributed by atoms with Gasteiger partial charge in [0.25, 0.3) is 5.91 Å². The molecule has 1 aliphatic rings. The molecule has 4 rings (SSSR count). The predicted octanol–water partition coefficient (Wildman–Crippen LogP) is 3.30. The maximum atomic E-state index is 13.2. The molecule has 1 aromatic carbocycles. The standard InChI is InChI=1S/C21H23N5O/c1-14-19(15(2)25(3)24-14)13-26(18-8-9-18)21(27)17-6-4-16(5-7-17)20-12-22-10-11-23-20/h4-7,10-12,18H,8-9,13H2,1-3H3. The SMILES string of the molecule is Cc1nn(C)c(C)c1CN(C(=O)c1ccc(-c2cnccn2)cc1)C1CC1. The number of carbonyl (C=O) groups is 1. The Balaban J connectivity index is 1.57. The van der Waals surface area contributed by atoms with Crippen LogP contribution in [0.3, 0.4) is 0 Å². The first-order valence-corrected chi connectivity index (χ1v) is 9.21. The Morgan fingerprint density at radius 2 is 1.93 bits per heavy atom. The number of nitrogens with zero attached hydrogens (tertiary/aromatic N) is 5. The van der Waals surface area contributed by atoms with Crippen LogP contribution in [0.25, 0.3) is 11.3 Å². The van der Waals surface area contributed by atoms with Crippen molar-refractivity contribution in [3.63, 3.8) is 0 Å². The van der Waals surface area contributed by atoms with Crippen LogP contribution in [-0.4, -0.2) is 36.6 Å². The van der Waals surface area contributed by atoms with Gasteiger partial charge < -0.3 is 4.90 Å². The minimum Gasteiger partial charge on any atom is -0.331 e. The third-order valence-electron chi connectivity index (χ3n) is 5.23. The minimum absolute atomic E-state index is 0.0749. The topological polar surface area (TPSA) is 63.9 Å². The molecule has 3 aromatic rings. The van der Waals surface area contributed by atoms with Crippen LogP contribution in [0.2, 0.25) is 0 Å². The first-order chi connectivity index (χ1) is 13.0. The zero-order valence-electron chi connectivity index (χ0n) is 15.9. The number of hydrogen-bond acceptors (Lipinski definition) is 4. The van der Waals surface area contributed by atoms with E-state index in [1.54, 1.807) is 18.6 Å². The van der Waals surface area contributed by atoms with Gasteiger partial charge in [0.05, 0.1) is 17.6 Å². The van der Waals surface area contributed by atoms with Crippen molar-refractivity contribution in [3.8, 4) is 11.3 Å². The zero-order chi connectivity index (χ0) is 19.0. The number of aromatic nitrogens is 4. The van der Waals surface area contributed by atoms with Gasteiger partial charge in [-0.05, 0) is 38.8 Å². The number of carbonyl (C=O) groups excluding carboxylic acids is 1. The van der Waals surface area contributed by atoms with Crippen LogP contribution in [0.1, 0.15) is 40.2 Å². The lowest BCUT2D eigenvalue weighted by Gasteiger charge is -2.23. The number of rotatable bonds is 5. The van der Waals surface area contributed by atoms with E-state index in [1.165, 1.54) is 0 Å². The molecule has 0 unspecified atom stereocenters. The first-order valence-electron chi connectivity index (χ1n) is 9.21. The van der Waals surface area contributed by atoms with Crippen molar-refractivity contribution in [2.24, 2.45) is 7.05 Å². The summed E-state index contributed by atoms with van der Waals surface area (Å²) in [6, 6.07) is 7.96. The second kappa shape index (κ2) is 6.95. The van der Waals surface area contributed by atoms with E-state index in [0.29, 0.717) is 18.2 Å². The molecule has 6 heteroatoms. The van der Waals surface area contributed by atoms with Gasteiger partial charge in [-0.25, -0.2) is 0 Å². The van der Waals surface area contributed by atoms with E-state index in [9.17, 15) is 4.79 Å². The molecule has 1 amide bonds. The average Bonchev–Trinajstić information content (AvgIpc) is 3.50. The summed E-state index contributed by atoms with van der Waals surface area (Å²) in [7, 11) is 1.94. The molecule has 0 aliphatic heterocycles. The lowest BCUT2D eigenvalue weighted by molar-refractivity contribution is 0.0729. The van der Waals surface area contributed by atoms with Crippen LogP contribution in [0.5, 0.6) is 0 Å². The molecular formula is C21H23N5O. The van der Waals surface area contributed by atoms with E-state index in [4.69, 9.17) is 0 Å². The van der Waals surface area contributed by atoms with Crippen LogP contribution in [0.15, 0.2) is 42.9 Å². The minimum atomic E-state index is 0.0749. The van der Waals surface area contributed by atoms with E-state index in [2.05, 4.69) is 22.0 Å². The fraction of sp³-hybridized carbons (Fsp3) is 0.333. The highest BCUT2D eigenvalue weighted by molar-refractivity contribution is 5.95. The molecule has 0 atom stereocenters. The Morgan fingerprint density at radius 3 is 2.48 bits per heavy atom. The van der Waals surface area contributed by atoms with Gasteiger partial charge in [-0.15, -0.1) is 0 Å². The van der Waals surface area contributed by atoms with Crippen LogP contribution >= 0.6 is 0 Å². The molecule has 138 valence electrons. The molecule has 0 radical (unpaired) electrons. The molecule has 1 aliphatic carbocycles. The lowest BCUT2D eigenvalue weighted by atomic mass is 10.1. The summed E-state index contributed by atoms with van der Waals surface area (Å²) >= 11 is 0. The summed E-state index contributed by atoms with van der Waals surface area (Å²) < 4.78 is 1.88. The van der Waals surface area contributed by atoms with E-state index in [1.807, 2.05) is 47.8 Å². The highest BCUT2D eigenvalue weighted by Crippen LogP contribution is 2.31. The molecule has 0 saturated heterocycles. The van der Waals surface area contributed by atoms with E-state index in [0.717, 1.165) is 41.1 Å². The summed E-state index contributed by atoms with van der Waals surface area (Å²) in [4.78, 5) is 23.6.